The summed E-state index contributed by atoms with van der Waals surface area (Å²) in [5.41, 5.74) is 3.55. The van der Waals surface area contributed by atoms with Gasteiger partial charge in [0.25, 0.3) is 5.90 Å². The van der Waals surface area contributed by atoms with Crippen LogP contribution in [-0.2, 0) is 20.8 Å². The molecular formula is C22H27NO4. The molecule has 0 heterocycles. The Labute approximate surface area is 160 Å². The Hall–Kier alpha value is -2.82. The molecule has 0 saturated heterocycles. The van der Waals surface area contributed by atoms with Crippen LogP contribution in [0.25, 0.3) is 0 Å². The van der Waals surface area contributed by atoms with E-state index >= 15 is 0 Å². The molecule has 0 radical (unpaired) electrons. The van der Waals surface area contributed by atoms with E-state index in [1.54, 1.807) is 0 Å². The van der Waals surface area contributed by atoms with E-state index in [4.69, 9.17) is 14.3 Å². The van der Waals surface area contributed by atoms with E-state index in [1.807, 2.05) is 56.3 Å². The van der Waals surface area contributed by atoms with Crippen LogP contribution in [0.1, 0.15) is 42.0 Å². The molecule has 0 fully saturated rings. The summed E-state index contributed by atoms with van der Waals surface area (Å²) in [5.74, 6) is 0.744. The molecule has 0 bridgehead atoms. The minimum atomic E-state index is -0.264. The summed E-state index contributed by atoms with van der Waals surface area (Å²) in [6.45, 7) is 6.46. The average molecular weight is 369 g/mol. The van der Waals surface area contributed by atoms with Crippen LogP contribution in [0, 0.1) is 13.8 Å². The highest BCUT2D eigenvalue weighted by molar-refractivity contribution is 5.97. The number of esters is 1. The van der Waals surface area contributed by atoms with Crippen LogP contribution < -0.4 is 4.74 Å². The van der Waals surface area contributed by atoms with Crippen molar-refractivity contribution in [2.75, 3.05) is 13.7 Å². The van der Waals surface area contributed by atoms with Gasteiger partial charge in [0.2, 0.25) is 0 Å². The van der Waals surface area contributed by atoms with Crippen molar-refractivity contribution < 1.29 is 19.1 Å². The van der Waals surface area contributed by atoms with Gasteiger partial charge in [-0.15, -0.1) is 0 Å². The maximum absolute atomic E-state index is 12.1. The van der Waals surface area contributed by atoms with Gasteiger partial charge in [0.1, 0.15) is 12.9 Å². The van der Waals surface area contributed by atoms with Gasteiger partial charge < -0.3 is 14.3 Å². The van der Waals surface area contributed by atoms with Crippen molar-refractivity contribution in [2.24, 2.45) is 5.16 Å². The first-order chi connectivity index (χ1) is 13.0. The van der Waals surface area contributed by atoms with Crippen LogP contribution in [0.2, 0.25) is 0 Å². The highest BCUT2D eigenvalue weighted by atomic mass is 16.6. The summed E-state index contributed by atoms with van der Waals surface area (Å²) in [7, 11) is 1.47. The zero-order chi connectivity index (χ0) is 19.6. The monoisotopic (exact) mass is 369 g/mol. The minimum Gasteiger partial charge on any atom is -0.465 e. The summed E-state index contributed by atoms with van der Waals surface area (Å²) in [4.78, 5) is 17.1. The smallest absolute Gasteiger partial charge is 0.310 e. The molecule has 2 rings (SSSR count). The SMILES string of the molecule is CCCCOC(=O)Cc1ccccc1/C(=N/OC)Oc1cc(C)ccc1C. The number of hydrogen-bond acceptors (Lipinski definition) is 5. The van der Waals surface area contributed by atoms with Crippen molar-refractivity contribution >= 4 is 11.9 Å². The third kappa shape index (κ3) is 6.13. The molecule has 0 unspecified atom stereocenters. The molecule has 0 saturated carbocycles. The predicted molar refractivity (Wildman–Crippen MR) is 106 cm³/mol. The van der Waals surface area contributed by atoms with Gasteiger partial charge in [-0.3, -0.25) is 4.79 Å². The van der Waals surface area contributed by atoms with Gasteiger partial charge in [-0.1, -0.05) is 43.7 Å². The normalized spacial score (nSPS) is 11.2. The quantitative estimate of drug-likeness (QED) is 0.225. The van der Waals surface area contributed by atoms with Crippen LogP contribution in [0.3, 0.4) is 0 Å². The van der Waals surface area contributed by atoms with Crippen molar-refractivity contribution in [3.8, 4) is 5.75 Å². The first kappa shape index (κ1) is 20.5. The van der Waals surface area contributed by atoms with Crippen LogP contribution in [-0.4, -0.2) is 25.6 Å². The Kier molecular flexibility index (Phi) is 7.86. The number of carbonyl (C=O) groups excluding carboxylic acids is 1. The first-order valence-electron chi connectivity index (χ1n) is 9.15. The molecule has 0 atom stereocenters. The van der Waals surface area contributed by atoms with E-state index in [1.165, 1.54) is 7.11 Å². The van der Waals surface area contributed by atoms with Crippen molar-refractivity contribution in [1.82, 2.24) is 0 Å². The molecule has 0 amide bonds. The number of aryl methyl sites for hydroxylation is 2. The van der Waals surface area contributed by atoms with Gasteiger partial charge in [-0.2, -0.15) is 0 Å². The molecule has 0 spiro atoms. The highest BCUT2D eigenvalue weighted by Crippen LogP contribution is 2.22. The topological polar surface area (TPSA) is 57.1 Å². The van der Waals surface area contributed by atoms with Crippen molar-refractivity contribution in [3.05, 3.63) is 64.7 Å². The lowest BCUT2D eigenvalue weighted by Crippen LogP contribution is -2.17. The third-order valence-electron chi connectivity index (χ3n) is 4.07. The standard InChI is InChI=1S/C22H27NO4/c1-5-6-13-26-21(24)15-18-9-7-8-10-19(18)22(23-25-4)27-20-14-16(2)11-12-17(20)3/h7-12,14H,5-6,13,15H2,1-4H3/b23-22-. The Bertz CT molecular complexity index is 799. The summed E-state index contributed by atoms with van der Waals surface area (Å²) in [6.07, 6.45) is 2.00. The number of oxime groups is 1. The van der Waals surface area contributed by atoms with Gasteiger partial charge in [0.15, 0.2) is 0 Å². The fraction of sp³-hybridized carbons (Fsp3) is 0.364. The zero-order valence-electron chi connectivity index (χ0n) is 16.5. The van der Waals surface area contributed by atoms with Crippen LogP contribution in [0.15, 0.2) is 47.6 Å². The van der Waals surface area contributed by atoms with Gasteiger partial charge in [0, 0.05) is 5.56 Å². The molecule has 5 heteroatoms. The van der Waals surface area contributed by atoms with Gasteiger partial charge in [0.05, 0.1) is 13.0 Å². The number of ether oxygens (including phenoxy) is 2. The maximum Gasteiger partial charge on any atom is 0.310 e. The van der Waals surface area contributed by atoms with E-state index in [-0.39, 0.29) is 12.4 Å². The predicted octanol–water partition coefficient (Wildman–Crippen LogP) is 4.58. The van der Waals surface area contributed by atoms with Crippen molar-refractivity contribution in [3.63, 3.8) is 0 Å². The number of rotatable bonds is 8. The Morgan fingerprint density at radius 1 is 1.11 bits per heavy atom. The second-order valence-corrected chi connectivity index (χ2v) is 6.36. The molecule has 144 valence electrons. The van der Waals surface area contributed by atoms with E-state index < -0.39 is 0 Å². The number of nitrogens with zero attached hydrogens (tertiary/aromatic N) is 1. The Morgan fingerprint density at radius 3 is 2.63 bits per heavy atom. The number of benzene rings is 2. The molecule has 0 aliphatic heterocycles. The molecule has 0 N–H and O–H groups in total. The molecular weight excluding hydrogens is 342 g/mol. The van der Waals surface area contributed by atoms with E-state index in [0.29, 0.717) is 23.8 Å². The number of unbranched alkanes of at least 4 members (excludes halogenated alkanes) is 1. The van der Waals surface area contributed by atoms with Gasteiger partial charge in [-0.05, 0) is 54.2 Å². The van der Waals surface area contributed by atoms with Gasteiger partial charge >= 0.3 is 5.97 Å². The maximum atomic E-state index is 12.1. The van der Waals surface area contributed by atoms with Crippen LogP contribution >= 0.6 is 0 Å². The zero-order valence-corrected chi connectivity index (χ0v) is 16.5. The van der Waals surface area contributed by atoms with Crippen molar-refractivity contribution in [2.45, 2.75) is 40.0 Å². The van der Waals surface area contributed by atoms with Crippen molar-refractivity contribution in [1.29, 1.82) is 0 Å². The van der Waals surface area contributed by atoms with E-state index in [9.17, 15) is 4.79 Å². The first-order valence-corrected chi connectivity index (χ1v) is 9.15. The third-order valence-corrected chi connectivity index (χ3v) is 4.07. The summed E-state index contributed by atoms with van der Waals surface area (Å²) in [6, 6.07) is 13.4. The molecule has 0 aromatic heterocycles. The largest absolute Gasteiger partial charge is 0.465 e. The summed E-state index contributed by atoms with van der Waals surface area (Å²) in [5, 5.41) is 4.05. The molecule has 2 aromatic rings. The fourth-order valence-electron chi connectivity index (χ4n) is 2.55. The second kappa shape index (κ2) is 10.4. The average Bonchev–Trinajstić information content (AvgIpc) is 2.65. The minimum absolute atomic E-state index is 0.152. The van der Waals surface area contributed by atoms with Gasteiger partial charge in [-0.25, -0.2) is 0 Å². The fourth-order valence-corrected chi connectivity index (χ4v) is 2.55. The van der Waals surface area contributed by atoms with E-state index in [2.05, 4.69) is 12.1 Å². The molecule has 0 aliphatic carbocycles. The Balaban J connectivity index is 2.26. The summed E-state index contributed by atoms with van der Waals surface area (Å²) >= 11 is 0. The lowest BCUT2D eigenvalue weighted by atomic mass is 10.0. The molecule has 2 aromatic carbocycles. The number of carbonyl (C=O) groups is 1. The molecule has 5 nitrogen and oxygen atoms in total. The highest BCUT2D eigenvalue weighted by Gasteiger charge is 2.16. The van der Waals surface area contributed by atoms with Crippen LogP contribution in [0.4, 0.5) is 0 Å². The van der Waals surface area contributed by atoms with E-state index in [0.717, 1.165) is 29.5 Å². The number of hydrogen-bond donors (Lipinski definition) is 0. The van der Waals surface area contributed by atoms with Crippen LogP contribution in [0.5, 0.6) is 5.75 Å². The Morgan fingerprint density at radius 2 is 1.89 bits per heavy atom. The molecule has 0 aliphatic rings. The molecule has 27 heavy (non-hydrogen) atoms. The second-order valence-electron chi connectivity index (χ2n) is 6.36. The summed E-state index contributed by atoms with van der Waals surface area (Å²) < 4.78 is 11.3. The lowest BCUT2D eigenvalue weighted by Gasteiger charge is -2.14. The lowest BCUT2D eigenvalue weighted by molar-refractivity contribution is -0.142.